The molecule has 3 aromatic rings. The van der Waals surface area contributed by atoms with E-state index in [1.807, 2.05) is 36.4 Å². The Morgan fingerprint density at radius 3 is 2.60 bits per heavy atom. The Hall–Kier alpha value is -3.68. The Balaban J connectivity index is 1.43. The highest BCUT2D eigenvalue weighted by atomic mass is 19.1. The summed E-state index contributed by atoms with van der Waals surface area (Å²) in [5.74, 6) is -1.09. The smallest absolute Gasteiger partial charge is 0.341 e. The number of rotatable bonds is 7. The maximum atomic E-state index is 14.0. The highest BCUT2D eigenvalue weighted by Gasteiger charge is 2.28. The number of halogens is 1. The molecule has 0 aliphatic heterocycles. The van der Waals surface area contributed by atoms with Crippen LogP contribution in [0.1, 0.15) is 34.8 Å². The molecule has 1 aromatic heterocycles. The van der Waals surface area contributed by atoms with Gasteiger partial charge >= 0.3 is 5.97 Å². The van der Waals surface area contributed by atoms with Crippen LogP contribution in [0, 0.1) is 5.82 Å². The first-order valence-electron chi connectivity index (χ1n) is 9.51. The first-order chi connectivity index (χ1) is 14.5. The Kier molecular flexibility index (Phi) is 5.47. The van der Waals surface area contributed by atoms with Crippen molar-refractivity contribution in [2.24, 2.45) is 0 Å². The van der Waals surface area contributed by atoms with E-state index in [0.29, 0.717) is 11.7 Å². The average Bonchev–Trinajstić information content (AvgIpc) is 3.53. The van der Waals surface area contributed by atoms with Crippen LogP contribution in [-0.2, 0) is 9.53 Å². The third-order valence-electron chi connectivity index (χ3n) is 4.72. The van der Waals surface area contributed by atoms with Gasteiger partial charge in [0.25, 0.3) is 5.91 Å². The highest BCUT2D eigenvalue weighted by Crippen LogP contribution is 2.40. The number of anilines is 1. The molecule has 30 heavy (non-hydrogen) atoms. The molecule has 1 aliphatic rings. The number of hydrogen-bond acceptors (Lipinski definition) is 5. The minimum absolute atomic E-state index is 0.269. The third kappa shape index (κ3) is 4.32. The molecular weight excluding hydrogens is 389 g/mol. The van der Waals surface area contributed by atoms with Gasteiger partial charge in [0.2, 0.25) is 0 Å². The van der Waals surface area contributed by atoms with E-state index in [9.17, 15) is 14.0 Å². The lowest BCUT2D eigenvalue weighted by Crippen LogP contribution is -2.22. The van der Waals surface area contributed by atoms with Crippen molar-refractivity contribution in [3.05, 3.63) is 71.7 Å². The molecule has 8 heteroatoms. The quantitative estimate of drug-likeness (QED) is 0.602. The molecule has 1 amide bonds. The van der Waals surface area contributed by atoms with E-state index in [1.165, 1.54) is 19.2 Å². The number of para-hydroxylation sites is 1. The van der Waals surface area contributed by atoms with Crippen LogP contribution in [0.15, 0.2) is 54.6 Å². The number of ether oxygens (including phenoxy) is 2. The van der Waals surface area contributed by atoms with Crippen molar-refractivity contribution >= 4 is 17.7 Å². The molecule has 1 aliphatic carbocycles. The summed E-state index contributed by atoms with van der Waals surface area (Å²) in [4.78, 5) is 24.5. The Morgan fingerprint density at radius 1 is 1.17 bits per heavy atom. The second kappa shape index (κ2) is 8.36. The normalized spacial score (nSPS) is 13.0. The molecule has 0 atom stereocenters. The third-order valence-corrected chi connectivity index (χ3v) is 4.72. The maximum absolute atomic E-state index is 14.0. The molecule has 0 radical (unpaired) electrons. The van der Waals surface area contributed by atoms with Crippen LogP contribution >= 0.6 is 0 Å². The van der Waals surface area contributed by atoms with E-state index in [2.05, 4.69) is 10.4 Å². The number of aromatic nitrogens is 2. The summed E-state index contributed by atoms with van der Waals surface area (Å²) in [6.45, 7) is -0.553. The van der Waals surface area contributed by atoms with Crippen molar-refractivity contribution in [3.8, 4) is 11.4 Å². The second-order valence-corrected chi connectivity index (χ2v) is 6.95. The molecule has 0 unspecified atom stereocenters. The predicted molar refractivity (Wildman–Crippen MR) is 107 cm³/mol. The number of amides is 1. The van der Waals surface area contributed by atoms with Gasteiger partial charge in [0.15, 0.2) is 6.61 Å². The molecule has 0 spiro atoms. The van der Waals surface area contributed by atoms with Crippen LogP contribution in [0.4, 0.5) is 10.2 Å². The average molecular weight is 409 g/mol. The van der Waals surface area contributed by atoms with Crippen LogP contribution < -0.4 is 10.1 Å². The number of nitrogens with one attached hydrogen (secondary N) is 1. The van der Waals surface area contributed by atoms with Gasteiger partial charge in [-0.05, 0) is 37.1 Å². The van der Waals surface area contributed by atoms with E-state index in [1.54, 1.807) is 4.68 Å². The standard InChI is InChI=1S/C22H20FN3O4/c1-29-16-9-10-17(18(23)11-16)22(28)30-13-21(27)24-20-12-19(14-7-8-14)25-26(20)15-5-3-2-4-6-15/h2-6,9-12,14H,7-8,13H2,1H3,(H,24,27). The molecule has 0 bridgehead atoms. The summed E-state index contributed by atoms with van der Waals surface area (Å²) in [6.07, 6.45) is 2.15. The lowest BCUT2D eigenvalue weighted by Gasteiger charge is -2.10. The fraction of sp³-hybridized carbons (Fsp3) is 0.227. The minimum atomic E-state index is -0.930. The van der Waals surface area contributed by atoms with Crippen molar-refractivity contribution in [2.45, 2.75) is 18.8 Å². The molecule has 2 aromatic carbocycles. The summed E-state index contributed by atoms with van der Waals surface area (Å²) in [7, 11) is 1.39. The Bertz CT molecular complexity index is 1080. The second-order valence-electron chi connectivity index (χ2n) is 6.95. The summed E-state index contributed by atoms with van der Waals surface area (Å²) >= 11 is 0. The van der Waals surface area contributed by atoms with E-state index >= 15 is 0 Å². The van der Waals surface area contributed by atoms with Gasteiger partial charge in [-0.2, -0.15) is 5.10 Å². The lowest BCUT2D eigenvalue weighted by atomic mass is 10.2. The zero-order valence-corrected chi connectivity index (χ0v) is 16.3. The molecule has 0 saturated heterocycles. The van der Waals surface area contributed by atoms with E-state index in [4.69, 9.17) is 9.47 Å². The predicted octanol–water partition coefficient (Wildman–Crippen LogP) is 3.69. The summed E-state index contributed by atoms with van der Waals surface area (Å²) in [5.41, 5.74) is 1.44. The van der Waals surface area contributed by atoms with Gasteiger partial charge in [0, 0.05) is 18.1 Å². The van der Waals surface area contributed by atoms with Gasteiger partial charge in [-0.15, -0.1) is 0 Å². The zero-order valence-electron chi connectivity index (χ0n) is 16.3. The van der Waals surface area contributed by atoms with Crippen LogP contribution in [0.2, 0.25) is 0 Å². The van der Waals surface area contributed by atoms with Crippen molar-refractivity contribution in [3.63, 3.8) is 0 Å². The highest BCUT2D eigenvalue weighted by molar-refractivity contribution is 5.95. The lowest BCUT2D eigenvalue weighted by molar-refractivity contribution is -0.119. The number of methoxy groups -OCH3 is 1. The number of carbonyl (C=O) groups excluding carboxylic acids is 2. The molecule has 4 rings (SSSR count). The van der Waals surface area contributed by atoms with Crippen molar-refractivity contribution in [2.75, 3.05) is 19.0 Å². The van der Waals surface area contributed by atoms with Gasteiger partial charge in [-0.25, -0.2) is 13.9 Å². The fourth-order valence-corrected chi connectivity index (χ4v) is 3.01. The molecule has 1 heterocycles. The molecule has 154 valence electrons. The monoisotopic (exact) mass is 409 g/mol. The van der Waals surface area contributed by atoms with E-state index in [0.717, 1.165) is 30.3 Å². The molecule has 1 N–H and O–H groups in total. The van der Waals surface area contributed by atoms with Gasteiger partial charge in [-0.1, -0.05) is 18.2 Å². The number of carbonyl (C=O) groups is 2. The van der Waals surface area contributed by atoms with Crippen LogP contribution in [-0.4, -0.2) is 35.4 Å². The van der Waals surface area contributed by atoms with Crippen LogP contribution in [0.25, 0.3) is 5.69 Å². The van der Waals surface area contributed by atoms with Crippen molar-refractivity contribution in [1.82, 2.24) is 9.78 Å². The van der Waals surface area contributed by atoms with Crippen LogP contribution in [0.3, 0.4) is 0 Å². The Labute approximate surface area is 172 Å². The van der Waals surface area contributed by atoms with E-state index in [-0.39, 0.29) is 11.3 Å². The zero-order chi connectivity index (χ0) is 21.1. The number of benzene rings is 2. The van der Waals surface area contributed by atoms with E-state index < -0.39 is 24.3 Å². The van der Waals surface area contributed by atoms with Gasteiger partial charge < -0.3 is 14.8 Å². The molecular formula is C22H20FN3O4. The SMILES string of the molecule is COc1ccc(C(=O)OCC(=O)Nc2cc(C3CC3)nn2-c2ccccc2)c(F)c1. The van der Waals surface area contributed by atoms with Crippen LogP contribution in [0.5, 0.6) is 5.75 Å². The Morgan fingerprint density at radius 2 is 1.93 bits per heavy atom. The largest absolute Gasteiger partial charge is 0.497 e. The molecule has 1 saturated carbocycles. The number of esters is 1. The first kappa shape index (κ1) is 19.6. The summed E-state index contributed by atoms with van der Waals surface area (Å²) in [6, 6.07) is 15.0. The molecule has 7 nitrogen and oxygen atoms in total. The van der Waals surface area contributed by atoms with Gasteiger partial charge in [-0.3, -0.25) is 4.79 Å². The first-order valence-corrected chi connectivity index (χ1v) is 9.51. The van der Waals surface area contributed by atoms with Crippen molar-refractivity contribution in [1.29, 1.82) is 0 Å². The maximum Gasteiger partial charge on any atom is 0.341 e. The van der Waals surface area contributed by atoms with Crippen molar-refractivity contribution < 1.29 is 23.5 Å². The number of hydrogen-bond donors (Lipinski definition) is 1. The minimum Gasteiger partial charge on any atom is -0.497 e. The van der Waals surface area contributed by atoms with Gasteiger partial charge in [0.05, 0.1) is 24.1 Å². The summed E-state index contributed by atoms with van der Waals surface area (Å²) in [5, 5.41) is 7.32. The van der Waals surface area contributed by atoms with Gasteiger partial charge in [0.1, 0.15) is 17.4 Å². The molecule has 1 fully saturated rings. The number of nitrogens with zero attached hydrogens (tertiary/aromatic N) is 2. The topological polar surface area (TPSA) is 82.4 Å². The fourth-order valence-electron chi connectivity index (χ4n) is 3.01. The summed E-state index contributed by atoms with van der Waals surface area (Å²) < 4.78 is 25.5.